The fraction of sp³-hybridized carbons (Fsp3) is 0.0909. The number of aryl methyl sites for hydroxylation is 1. The summed E-state index contributed by atoms with van der Waals surface area (Å²) in [4.78, 5) is 24.9. The largest absolute Gasteiger partial charge is 0.477 e. The van der Waals surface area contributed by atoms with Gasteiger partial charge in [-0.05, 0) is 13.0 Å². The first-order chi connectivity index (χ1) is 7.93. The van der Waals surface area contributed by atoms with Crippen molar-refractivity contribution >= 4 is 16.9 Å². The average molecular weight is 239 g/mol. The van der Waals surface area contributed by atoms with Crippen LogP contribution in [0.15, 0.2) is 17.1 Å². The second kappa shape index (κ2) is 3.65. The molecule has 0 saturated carbocycles. The number of fused-ring (bicyclic) bond motifs is 1. The summed E-state index contributed by atoms with van der Waals surface area (Å²) in [5.41, 5.74) is -1.32. The number of halogens is 2. The Kier molecular flexibility index (Phi) is 2.42. The number of aromatic carboxylic acids is 1. The van der Waals surface area contributed by atoms with E-state index in [-0.39, 0.29) is 16.5 Å². The molecule has 4 nitrogen and oxygen atoms in total. The van der Waals surface area contributed by atoms with E-state index in [1.165, 1.54) is 6.92 Å². The summed E-state index contributed by atoms with van der Waals surface area (Å²) in [5.74, 6) is -3.66. The third-order valence-electron chi connectivity index (χ3n) is 2.53. The lowest BCUT2D eigenvalue weighted by molar-refractivity contribution is 0.0695. The van der Waals surface area contributed by atoms with Crippen molar-refractivity contribution in [2.75, 3.05) is 0 Å². The molecule has 0 aliphatic rings. The van der Waals surface area contributed by atoms with Crippen LogP contribution in [0.25, 0.3) is 10.9 Å². The van der Waals surface area contributed by atoms with Crippen molar-refractivity contribution < 1.29 is 18.7 Å². The van der Waals surface area contributed by atoms with Crippen LogP contribution in [-0.2, 0) is 0 Å². The molecule has 1 heterocycles. The molecule has 0 radical (unpaired) electrons. The standard InChI is InChI=1S/C11H7F2NO3/c1-4-8(13)7(12)2-5-9(4)14-3-6(10(5)15)11(16)17/h2-3H,1H3,(H,14,15)(H,16,17). The van der Waals surface area contributed by atoms with Gasteiger partial charge in [-0.2, -0.15) is 0 Å². The van der Waals surface area contributed by atoms with Crippen molar-refractivity contribution in [3.63, 3.8) is 0 Å². The first kappa shape index (κ1) is 11.3. The van der Waals surface area contributed by atoms with E-state index in [1.54, 1.807) is 0 Å². The topological polar surface area (TPSA) is 70.2 Å². The SMILES string of the molecule is Cc1c(F)c(F)cc2c(=O)c(C(=O)O)c[nH]c12. The molecule has 1 aromatic heterocycles. The smallest absolute Gasteiger partial charge is 0.341 e. The van der Waals surface area contributed by atoms with Crippen LogP contribution in [0.2, 0.25) is 0 Å². The van der Waals surface area contributed by atoms with E-state index in [2.05, 4.69) is 4.98 Å². The molecule has 0 fully saturated rings. The first-order valence-corrected chi connectivity index (χ1v) is 4.66. The van der Waals surface area contributed by atoms with Gasteiger partial charge >= 0.3 is 5.97 Å². The van der Waals surface area contributed by atoms with Crippen LogP contribution in [0.1, 0.15) is 15.9 Å². The molecule has 2 rings (SSSR count). The minimum Gasteiger partial charge on any atom is -0.477 e. The van der Waals surface area contributed by atoms with Crippen LogP contribution in [0.3, 0.4) is 0 Å². The predicted octanol–water partition coefficient (Wildman–Crippen LogP) is 1.81. The Bertz CT molecular complexity index is 691. The quantitative estimate of drug-likeness (QED) is 0.797. The van der Waals surface area contributed by atoms with Crippen molar-refractivity contribution in [3.05, 3.63) is 45.2 Å². The Hall–Kier alpha value is -2.24. The van der Waals surface area contributed by atoms with Gasteiger partial charge in [0.1, 0.15) is 5.56 Å². The molecule has 0 atom stereocenters. The summed E-state index contributed by atoms with van der Waals surface area (Å²) in [6, 6.07) is 0.697. The molecule has 0 unspecified atom stereocenters. The third-order valence-corrected chi connectivity index (χ3v) is 2.53. The zero-order valence-corrected chi connectivity index (χ0v) is 8.67. The van der Waals surface area contributed by atoms with Crippen LogP contribution in [0.5, 0.6) is 0 Å². The van der Waals surface area contributed by atoms with E-state index in [1.807, 2.05) is 0 Å². The number of carbonyl (C=O) groups is 1. The first-order valence-electron chi connectivity index (χ1n) is 4.66. The maximum Gasteiger partial charge on any atom is 0.341 e. The number of nitrogens with one attached hydrogen (secondary N) is 1. The maximum atomic E-state index is 13.2. The molecule has 0 spiro atoms. The summed E-state index contributed by atoms with van der Waals surface area (Å²) in [5, 5.41) is 8.55. The Morgan fingerprint density at radius 3 is 2.65 bits per heavy atom. The van der Waals surface area contributed by atoms with Crippen LogP contribution in [0, 0.1) is 18.6 Å². The van der Waals surface area contributed by atoms with E-state index in [4.69, 9.17) is 5.11 Å². The van der Waals surface area contributed by atoms with E-state index in [0.29, 0.717) is 6.07 Å². The number of aromatic amines is 1. The maximum absolute atomic E-state index is 13.2. The van der Waals surface area contributed by atoms with Gasteiger partial charge in [0.2, 0.25) is 5.43 Å². The molecule has 6 heteroatoms. The van der Waals surface area contributed by atoms with Gasteiger partial charge in [0, 0.05) is 17.1 Å². The molecule has 1 aromatic carbocycles. The van der Waals surface area contributed by atoms with Gasteiger partial charge in [-0.15, -0.1) is 0 Å². The lowest BCUT2D eigenvalue weighted by atomic mass is 10.1. The molecular weight excluding hydrogens is 232 g/mol. The number of hydrogen-bond donors (Lipinski definition) is 2. The Labute approximate surface area is 93.5 Å². The lowest BCUT2D eigenvalue weighted by Gasteiger charge is -2.05. The second-order valence-electron chi connectivity index (χ2n) is 3.56. The molecular formula is C11H7F2NO3. The highest BCUT2D eigenvalue weighted by Crippen LogP contribution is 2.19. The zero-order chi connectivity index (χ0) is 12.7. The molecule has 2 aromatic rings. The highest BCUT2D eigenvalue weighted by molar-refractivity contribution is 5.93. The number of aromatic nitrogens is 1. The molecule has 0 aliphatic carbocycles. The van der Waals surface area contributed by atoms with E-state index in [9.17, 15) is 18.4 Å². The van der Waals surface area contributed by atoms with Crippen LogP contribution >= 0.6 is 0 Å². The van der Waals surface area contributed by atoms with Crippen LogP contribution in [0.4, 0.5) is 8.78 Å². The molecule has 0 aliphatic heterocycles. The average Bonchev–Trinajstić information content (AvgIpc) is 2.27. The van der Waals surface area contributed by atoms with Crippen molar-refractivity contribution in [2.24, 2.45) is 0 Å². The van der Waals surface area contributed by atoms with Gasteiger partial charge in [-0.25, -0.2) is 13.6 Å². The van der Waals surface area contributed by atoms with Crippen LogP contribution in [-0.4, -0.2) is 16.1 Å². The third kappa shape index (κ3) is 1.57. The number of hydrogen-bond acceptors (Lipinski definition) is 2. The molecule has 0 bridgehead atoms. The summed E-state index contributed by atoms with van der Waals surface area (Å²) >= 11 is 0. The second-order valence-corrected chi connectivity index (χ2v) is 3.56. The number of H-pyrrole nitrogens is 1. The number of carboxylic acids is 1. The van der Waals surface area contributed by atoms with Gasteiger partial charge in [-0.1, -0.05) is 0 Å². The van der Waals surface area contributed by atoms with E-state index >= 15 is 0 Å². The van der Waals surface area contributed by atoms with Crippen molar-refractivity contribution in [3.8, 4) is 0 Å². The minimum atomic E-state index is -1.42. The summed E-state index contributed by atoms with van der Waals surface area (Å²) in [6.07, 6.45) is 0.970. The molecule has 0 saturated heterocycles. The van der Waals surface area contributed by atoms with Gasteiger partial charge in [0.25, 0.3) is 0 Å². The minimum absolute atomic E-state index is 0.0611. The number of rotatable bonds is 1. The molecule has 88 valence electrons. The Morgan fingerprint density at radius 2 is 2.06 bits per heavy atom. The highest BCUT2D eigenvalue weighted by atomic mass is 19.2. The predicted molar refractivity (Wildman–Crippen MR) is 56.2 cm³/mol. The van der Waals surface area contributed by atoms with E-state index < -0.39 is 28.6 Å². The Morgan fingerprint density at radius 1 is 1.41 bits per heavy atom. The normalized spacial score (nSPS) is 10.8. The summed E-state index contributed by atoms with van der Waals surface area (Å²) < 4.78 is 26.4. The Balaban J connectivity index is 2.98. The fourth-order valence-corrected chi connectivity index (χ4v) is 1.63. The number of benzene rings is 1. The van der Waals surface area contributed by atoms with Crippen molar-refractivity contribution in [2.45, 2.75) is 6.92 Å². The number of pyridine rings is 1. The number of carboxylic acid groups (broad SMARTS) is 1. The monoisotopic (exact) mass is 239 g/mol. The molecule has 0 amide bonds. The zero-order valence-electron chi connectivity index (χ0n) is 8.67. The fourth-order valence-electron chi connectivity index (χ4n) is 1.63. The van der Waals surface area contributed by atoms with Crippen LogP contribution < -0.4 is 5.43 Å². The van der Waals surface area contributed by atoms with Gasteiger partial charge in [0.05, 0.1) is 5.52 Å². The molecule has 17 heavy (non-hydrogen) atoms. The van der Waals surface area contributed by atoms with Crippen molar-refractivity contribution in [1.82, 2.24) is 4.98 Å². The highest BCUT2D eigenvalue weighted by Gasteiger charge is 2.16. The summed E-state index contributed by atoms with van der Waals surface area (Å²) in [7, 11) is 0. The molecule has 2 N–H and O–H groups in total. The lowest BCUT2D eigenvalue weighted by Crippen LogP contribution is -2.16. The van der Waals surface area contributed by atoms with Gasteiger partial charge in [-0.3, -0.25) is 4.79 Å². The van der Waals surface area contributed by atoms with E-state index in [0.717, 1.165) is 6.20 Å². The van der Waals surface area contributed by atoms with Gasteiger partial charge in [0.15, 0.2) is 11.6 Å². The van der Waals surface area contributed by atoms with Crippen molar-refractivity contribution in [1.29, 1.82) is 0 Å². The van der Waals surface area contributed by atoms with Gasteiger partial charge < -0.3 is 10.1 Å². The summed E-state index contributed by atoms with van der Waals surface area (Å²) in [6.45, 7) is 1.30.